The average molecular weight is 559 g/mol. The van der Waals surface area contributed by atoms with E-state index in [9.17, 15) is 0 Å². The monoisotopic (exact) mass is 558 g/mol. The van der Waals surface area contributed by atoms with Crippen molar-refractivity contribution in [2.75, 3.05) is 0 Å². The lowest BCUT2D eigenvalue weighted by Crippen LogP contribution is -1.95. The van der Waals surface area contributed by atoms with E-state index in [1.165, 1.54) is 54.2 Å². The van der Waals surface area contributed by atoms with Gasteiger partial charge < -0.3 is 0 Å². The molecule has 9 aromatic rings. The molecule has 0 radical (unpaired) electrons. The van der Waals surface area contributed by atoms with Crippen LogP contribution in [0.4, 0.5) is 0 Å². The normalized spacial score (nSPS) is 11.6. The van der Waals surface area contributed by atoms with Gasteiger partial charge in [-0.25, -0.2) is 9.97 Å². The number of nitrogens with zero attached hydrogens (tertiary/aromatic N) is 2. The summed E-state index contributed by atoms with van der Waals surface area (Å²) in [5.74, 6) is 0.734. The first-order valence-corrected chi connectivity index (χ1v) is 15.0. The zero-order valence-corrected chi connectivity index (χ0v) is 23.9. The molecule has 2 nitrogen and oxygen atoms in total. The molecule has 0 unspecified atom stereocenters. The first-order valence-electron chi connectivity index (χ1n) is 15.0. The summed E-state index contributed by atoms with van der Waals surface area (Å²) >= 11 is 0. The molecule has 0 saturated carbocycles. The molecule has 0 fully saturated rings. The standard InChI is InChI=1S/C42H26N2/c1-2-8-27(9-3-1)28-14-18-31(19-15-28)41-38-12-6-7-13-39(38)43-42(44-41)33-22-23-34-32(26-33)21-25-37-36(34)24-20-30-17-16-29-10-4-5-11-35(29)40(30)37/h1-26H. The molecule has 8 aromatic carbocycles. The summed E-state index contributed by atoms with van der Waals surface area (Å²) in [4.78, 5) is 10.2. The van der Waals surface area contributed by atoms with Gasteiger partial charge in [0.25, 0.3) is 0 Å². The molecule has 2 heteroatoms. The van der Waals surface area contributed by atoms with Gasteiger partial charge in [-0.3, -0.25) is 0 Å². The second-order valence-corrected chi connectivity index (χ2v) is 11.4. The Labute approximate surface area is 254 Å². The van der Waals surface area contributed by atoms with Crippen LogP contribution < -0.4 is 0 Å². The van der Waals surface area contributed by atoms with E-state index in [4.69, 9.17) is 9.97 Å². The molecule has 0 aliphatic heterocycles. The summed E-state index contributed by atoms with van der Waals surface area (Å²) < 4.78 is 0. The molecule has 0 N–H and O–H groups in total. The number of aromatic nitrogens is 2. The van der Waals surface area contributed by atoms with Gasteiger partial charge in [0.05, 0.1) is 11.2 Å². The van der Waals surface area contributed by atoms with E-state index in [0.717, 1.165) is 33.5 Å². The van der Waals surface area contributed by atoms with E-state index < -0.39 is 0 Å². The van der Waals surface area contributed by atoms with Gasteiger partial charge in [-0.15, -0.1) is 0 Å². The highest BCUT2D eigenvalue weighted by atomic mass is 14.9. The molecule has 0 saturated heterocycles. The maximum atomic E-state index is 5.18. The Hall–Kier alpha value is -5.86. The van der Waals surface area contributed by atoms with Crippen LogP contribution in [0, 0.1) is 0 Å². The van der Waals surface area contributed by atoms with Crippen LogP contribution in [0.1, 0.15) is 0 Å². The number of hydrogen-bond acceptors (Lipinski definition) is 2. The molecular formula is C42H26N2. The number of rotatable bonds is 3. The van der Waals surface area contributed by atoms with Crippen molar-refractivity contribution in [1.29, 1.82) is 0 Å². The van der Waals surface area contributed by atoms with E-state index in [1.54, 1.807) is 0 Å². The predicted octanol–water partition coefficient (Wildman–Crippen LogP) is 11.2. The van der Waals surface area contributed by atoms with Crippen LogP contribution >= 0.6 is 0 Å². The van der Waals surface area contributed by atoms with E-state index in [0.29, 0.717) is 0 Å². The van der Waals surface area contributed by atoms with Crippen LogP contribution in [0.15, 0.2) is 158 Å². The summed E-state index contributed by atoms with van der Waals surface area (Å²) in [6, 6.07) is 56.2. The van der Waals surface area contributed by atoms with Crippen molar-refractivity contribution >= 4 is 54.0 Å². The highest BCUT2D eigenvalue weighted by molar-refractivity contribution is 6.24. The Morgan fingerprint density at radius 2 is 0.932 bits per heavy atom. The predicted molar refractivity (Wildman–Crippen MR) is 186 cm³/mol. The first kappa shape index (κ1) is 24.7. The molecule has 1 aromatic heterocycles. The van der Waals surface area contributed by atoms with Crippen LogP contribution in [-0.2, 0) is 0 Å². The van der Waals surface area contributed by atoms with Crippen LogP contribution in [0.5, 0.6) is 0 Å². The van der Waals surface area contributed by atoms with Crippen LogP contribution in [0.2, 0.25) is 0 Å². The van der Waals surface area contributed by atoms with Crippen LogP contribution in [0.25, 0.3) is 87.8 Å². The van der Waals surface area contributed by atoms with Crippen molar-refractivity contribution in [1.82, 2.24) is 9.97 Å². The topological polar surface area (TPSA) is 25.8 Å². The number of hydrogen-bond donors (Lipinski definition) is 0. The van der Waals surface area contributed by atoms with Gasteiger partial charge in [-0.2, -0.15) is 0 Å². The van der Waals surface area contributed by atoms with E-state index in [-0.39, 0.29) is 0 Å². The quantitative estimate of drug-likeness (QED) is 0.202. The first-order chi connectivity index (χ1) is 21.8. The van der Waals surface area contributed by atoms with Crippen LogP contribution in [-0.4, -0.2) is 9.97 Å². The van der Waals surface area contributed by atoms with Crippen molar-refractivity contribution < 1.29 is 0 Å². The van der Waals surface area contributed by atoms with Gasteiger partial charge in [0.15, 0.2) is 5.82 Å². The second-order valence-electron chi connectivity index (χ2n) is 11.4. The van der Waals surface area contributed by atoms with E-state index in [1.807, 2.05) is 12.1 Å². The van der Waals surface area contributed by atoms with Gasteiger partial charge >= 0.3 is 0 Å². The number of para-hydroxylation sites is 1. The Balaban J connectivity index is 1.19. The molecule has 0 spiro atoms. The Kier molecular flexibility index (Phi) is 5.54. The smallest absolute Gasteiger partial charge is 0.160 e. The summed E-state index contributed by atoms with van der Waals surface area (Å²) in [7, 11) is 0. The van der Waals surface area contributed by atoms with Gasteiger partial charge in [0.2, 0.25) is 0 Å². The summed E-state index contributed by atoms with van der Waals surface area (Å²) in [5.41, 5.74) is 6.37. The fourth-order valence-corrected chi connectivity index (χ4v) is 6.67. The molecular weight excluding hydrogens is 532 g/mol. The van der Waals surface area contributed by atoms with E-state index in [2.05, 4.69) is 146 Å². The molecule has 1 heterocycles. The fourth-order valence-electron chi connectivity index (χ4n) is 6.67. The molecule has 0 aliphatic carbocycles. The van der Waals surface area contributed by atoms with Crippen molar-refractivity contribution in [2.45, 2.75) is 0 Å². The Morgan fingerprint density at radius 3 is 1.82 bits per heavy atom. The third-order valence-corrected chi connectivity index (χ3v) is 8.85. The lowest BCUT2D eigenvalue weighted by molar-refractivity contribution is 1.23. The zero-order chi connectivity index (χ0) is 29.0. The van der Waals surface area contributed by atoms with Gasteiger partial charge in [0, 0.05) is 16.5 Å². The molecule has 204 valence electrons. The highest BCUT2D eigenvalue weighted by Gasteiger charge is 2.14. The number of benzene rings is 8. The molecule has 0 atom stereocenters. The molecule has 44 heavy (non-hydrogen) atoms. The second kappa shape index (κ2) is 9.86. The Morgan fingerprint density at radius 1 is 0.318 bits per heavy atom. The molecule has 0 aliphatic rings. The van der Waals surface area contributed by atoms with Crippen molar-refractivity contribution in [3.05, 3.63) is 158 Å². The van der Waals surface area contributed by atoms with Crippen molar-refractivity contribution in [3.8, 4) is 33.8 Å². The number of fused-ring (bicyclic) bond motifs is 8. The minimum Gasteiger partial charge on any atom is -0.228 e. The zero-order valence-electron chi connectivity index (χ0n) is 23.9. The third kappa shape index (κ3) is 3.96. The van der Waals surface area contributed by atoms with Gasteiger partial charge in [-0.1, -0.05) is 146 Å². The maximum Gasteiger partial charge on any atom is 0.160 e. The van der Waals surface area contributed by atoms with Crippen molar-refractivity contribution in [2.24, 2.45) is 0 Å². The van der Waals surface area contributed by atoms with Crippen LogP contribution in [0.3, 0.4) is 0 Å². The maximum absolute atomic E-state index is 5.18. The lowest BCUT2D eigenvalue weighted by atomic mass is 9.93. The summed E-state index contributed by atoms with van der Waals surface area (Å²) in [6.45, 7) is 0. The highest BCUT2D eigenvalue weighted by Crippen LogP contribution is 2.37. The fraction of sp³-hybridized carbons (Fsp3) is 0. The van der Waals surface area contributed by atoms with Gasteiger partial charge in [-0.05, 0) is 66.3 Å². The molecule has 0 amide bonds. The summed E-state index contributed by atoms with van der Waals surface area (Å²) in [6.07, 6.45) is 0. The SMILES string of the molecule is c1ccc(-c2ccc(-c3nc(-c4ccc5c(ccc6c5ccc5ccc7ccccc7c56)c4)nc4ccccc34)cc2)cc1. The molecule has 9 rings (SSSR count). The van der Waals surface area contributed by atoms with Crippen molar-refractivity contribution in [3.63, 3.8) is 0 Å². The minimum absolute atomic E-state index is 0.734. The third-order valence-electron chi connectivity index (χ3n) is 8.85. The Bertz CT molecular complexity index is 2530. The van der Waals surface area contributed by atoms with Gasteiger partial charge in [0.1, 0.15) is 0 Å². The minimum atomic E-state index is 0.734. The summed E-state index contributed by atoms with van der Waals surface area (Å²) in [5, 5.41) is 11.1. The van der Waals surface area contributed by atoms with E-state index >= 15 is 0 Å². The lowest BCUT2D eigenvalue weighted by Gasteiger charge is -2.12. The average Bonchev–Trinajstić information content (AvgIpc) is 3.11. The molecule has 0 bridgehead atoms. The largest absolute Gasteiger partial charge is 0.228 e.